The molecular formula is C34H50O4S. The summed E-state index contributed by atoms with van der Waals surface area (Å²) >= 11 is 0. The SMILES string of the molecule is C=CCCCCCCCCc1cc(OC)ccc1S(=O)(=O)c1ccc(OC)cc1CCCCCCCCC=C. The number of unbranched alkanes of at least 4 members (excludes halogenated alkanes) is 12. The predicted octanol–water partition coefficient (Wildman–Crippen LogP) is 9.46. The number of ether oxygens (including phenoxy) is 2. The van der Waals surface area contributed by atoms with Crippen LogP contribution >= 0.6 is 0 Å². The number of sulfone groups is 1. The summed E-state index contributed by atoms with van der Waals surface area (Å²) in [6.45, 7) is 7.57. The van der Waals surface area contributed by atoms with E-state index in [9.17, 15) is 8.42 Å². The molecule has 0 saturated carbocycles. The van der Waals surface area contributed by atoms with Gasteiger partial charge in [0.05, 0.1) is 24.0 Å². The van der Waals surface area contributed by atoms with Crippen LogP contribution in [-0.2, 0) is 22.7 Å². The van der Waals surface area contributed by atoms with Crippen molar-refractivity contribution in [2.24, 2.45) is 0 Å². The molecule has 0 atom stereocenters. The van der Waals surface area contributed by atoms with Gasteiger partial charge in [-0.3, -0.25) is 0 Å². The molecule has 4 nitrogen and oxygen atoms in total. The van der Waals surface area contributed by atoms with Crippen molar-refractivity contribution >= 4 is 9.84 Å². The lowest BCUT2D eigenvalue weighted by molar-refractivity contribution is 0.413. The number of methoxy groups -OCH3 is 2. The maximum Gasteiger partial charge on any atom is 0.207 e. The zero-order chi connectivity index (χ0) is 28.3. The monoisotopic (exact) mass is 554 g/mol. The Kier molecular flexibility index (Phi) is 15.7. The van der Waals surface area contributed by atoms with Crippen molar-refractivity contribution < 1.29 is 17.9 Å². The number of aryl methyl sites for hydroxylation is 2. The molecule has 0 radical (unpaired) electrons. The third-order valence-electron chi connectivity index (χ3n) is 7.32. The van der Waals surface area contributed by atoms with Crippen LogP contribution in [0.2, 0.25) is 0 Å². The largest absolute Gasteiger partial charge is 0.497 e. The lowest BCUT2D eigenvalue weighted by Gasteiger charge is -2.16. The minimum absolute atomic E-state index is 0.392. The van der Waals surface area contributed by atoms with Gasteiger partial charge in [0, 0.05) is 0 Å². The van der Waals surface area contributed by atoms with Crippen LogP contribution < -0.4 is 9.47 Å². The van der Waals surface area contributed by atoms with E-state index in [0.717, 1.165) is 62.5 Å². The molecule has 0 amide bonds. The third kappa shape index (κ3) is 11.2. The summed E-state index contributed by atoms with van der Waals surface area (Å²) < 4.78 is 39.0. The van der Waals surface area contributed by atoms with Crippen LogP contribution in [0, 0.1) is 0 Å². The van der Waals surface area contributed by atoms with Crippen LogP contribution in [0.25, 0.3) is 0 Å². The zero-order valence-electron chi connectivity index (χ0n) is 24.4. The summed E-state index contributed by atoms with van der Waals surface area (Å²) in [4.78, 5) is 0.783. The summed E-state index contributed by atoms with van der Waals surface area (Å²) in [5.41, 5.74) is 1.67. The van der Waals surface area contributed by atoms with E-state index in [1.165, 1.54) is 51.4 Å². The molecule has 2 rings (SSSR count). The molecule has 0 unspecified atom stereocenters. The summed E-state index contributed by atoms with van der Waals surface area (Å²) in [5, 5.41) is 0. The lowest BCUT2D eigenvalue weighted by atomic mass is 10.0. The van der Waals surface area contributed by atoms with Crippen LogP contribution in [0.5, 0.6) is 11.5 Å². The highest BCUT2D eigenvalue weighted by molar-refractivity contribution is 7.91. The lowest BCUT2D eigenvalue weighted by Crippen LogP contribution is -2.09. The summed E-state index contributed by atoms with van der Waals surface area (Å²) in [5.74, 6) is 1.38. The van der Waals surface area contributed by atoms with Gasteiger partial charge in [-0.25, -0.2) is 8.42 Å². The number of hydrogen-bond donors (Lipinski definition) is 0. The molecule has 2 aromatic carbocycles. The van der Waals surface area contributed by atoms with E-state index in [1.807, 2.05) is 24.3 Å². The van der Waals surface area contributed by atoms with Gasteiger partial charge in [0.15, 0.2) is 0 Å². The van der Waals surface area contributed by atoms with Gasteiger partial charge >= 0.3 is 0 Å². The van der Waals surface area contributed by atoms with Crippen LogP contribution in [0.15, 0.2) is 71.5 Å². The standard InChI is InChI=1S/C34H50O4S/c1-5-7-9-11-13-15-17-19-21-29-27-31(37-3)23-25-33(29)39(35,36)34-26-24-32(38-4)28-30(34)22-20-18-16-14-12-10-8-6-2/h5-6,23-28H,1-2,7-22H2,3-4H3. The second kappa shape index (κ2) is 18.7. The van der Waals surface area contributed by atoms with Gasteiger partial charge in [0.1, 0.15) is 11.5 Å². The fourth-order valence-electron chi connectivity index (χ4n) is 5.02. The Bertz CT molecular complexity index is 1020. The fraction of sp³-hybridized carbons (Fsp3) is 0.529. The average Bonchev–Trinajstić information content (AvgIpc) is 2.95. The van der Waals surface area contributed by atoms with Crippen LogP contribution in [-0.4, -0.2) is 22.6 Å². The van der Waals surface area contributed by atoms with Crippen LogP contribution in [0.3, 0.4) is 0 Å². The Balaban J connectivity index is 2.14. The van der Waals surface area contributed by atoms with Crippen molar-refractivity contribution in [2.75, 3.05) is 14.2 Å². The van der Waals surface area contributed by atoms with Crippen molar-refractivity contribution in [2.45, 2.75) is 113 Å². The molecular weight excluding hydrogens is 504 g/mol. The van der Waals surface area contributed by atoms with Crippen LogP contribution in [0.4, 0.5) is 0 Å². The van der Waals surface area contributed by atoms with E-state index >= 15 is 0 Å². The van der Waals surface area contributed by atoms with Crippen molar-refractivity contribution in [3.05, 3.63) is 72.8 Å². The molecule has 0 fully saturated rings. The highest BCUT2D eigenvalue weighted by Crippen LogP contribution is 2.33. The Labute approximate surface area is 238 Å². The van der Waals surface area contributed by atoms with E-state index in [2.05, 4.69) is 13.2 Å². The van der Waals surface area contributed by atoms with Crippen LogP contribution in [0.1, 0.15) is 101 Å². The Morgan fingerprint density at radius 3 is 1.31 bits per heavy atom. The predicted molar refractivity (Wildman–Crippen MR) is 164 cm³/mol. The van der Waals surface area contributed by atoms with E-state index in [1.54, 1.807) is 38.5 Å². The quantitative estimate of drug-likeness (QED) is 0.107. The van der Waals surface area contributed by atoms with Crippen molar-refractivity contribution in [3.8, 4) is 11.5 Å². The first kappa shape index (κ1) is 32.7. The van der Waals surface area contributed by atoms with Gasteiger partial charge in [-0.05, 0) is 98.9 Å². The van der Waals surface area contributed by atoms with E-state index in [0.29, 0.717) is 21.3 Å². The van der Waals surface area contributed by atoms with Gasteiger partial charge in [-0.1, -0.05) is 63.5 Å². The van der Waals surface area contributed by atoms with Gasteiger partial charge < -0.3 is 9.47 Å². The number of rotatable bonds is 22. The molecule has 0 aliphatic heterocycles. The topological polar surface area (TPSA) is 52.6 Å². The van der Waals surface area contributed by atoms with Gasteiger partial charge in [-0.15, -0.1) is 13.2 Å². The molecule has 0 N–H and O–H groups in total. The number of benzene rings is 2. The molecule has 0 saturated heterocycles. The number of hydrogen-bond acceptors (Lipinski definition) is 4. The first-order chi connectivity index (χ1) is 19.0. The normalized spacial score (nSPS) is 11.3. The molecule has 0 heterocycles. The second-order valence-electron chi connectivity index (χ2n) is 10.3. The first-order valence-corrected chi connectivity index (χ1v) is 16.3. The highest BCUT2D eigenvalue weighted by atomic mass is 32.2. The highest BCUT2D eigenvalue weighted by Gasteiger charge is 2.25. The maximum atomic E-state index is 14.0. The first-order valence-electron chi connectivity index (χ1n) is 14.8. The molecule has 216 valence electrons. The zero-order valence-corrected chi connectivity index (χ0v) is 25.2. The third-order valence-corrected chi connectivity index (χ3v) is 9.28. The summed E-state index contributed by atoms with van der Waals surface area (Å²) in [6, 6.07) is 10.7. The van der Waals surface area contributed by atoms with Crippen molar-refractivity contribution in [3.63, 3.8) is 0 Å². The Morgan fingerprint density at radius 2 is 0.949 bits per heavy atom. The minimum atomic E-state index is -3.70. The minimum Gasteiger partial charge on any atom is -0.497 e. The fourth-order valence-corrected chi connectivity index (χ4v) is 6.77. The van der Waals surface area contributed by atoms with Crippen molar-refractivity contribution in [1.82, 2.24) is 0 Å². The van der Waals surface area contributed by atoms with E-state index in [4.69, 9.17) is 9.47 Å². The number of allylic oxidation sites excluding steroid dienone is 2. The maximum absolute atomic E-state index is 14.0. The summed E-state index contributed by atoms with van der Waals surface area (Å²) in [7, 11) is -0.450. The van der Waals surface area contributed by atoms with Gasteiger partial charge in [0.2, 0.25) is 9.84 Å². The van der Waals surface area contributed by atoms with E-state index < -0.39 is 9.84 Å². The smallest absolute Gasteiger partial charge is 0.207 e. The van der Waals surface area contributed by atoms with Crippen molar-refractivity contribution in [1.29, 1.82) is 0 Å². The van der Waals surface area contributed by atoms with Gasteiger partial charge in [0.25, 0.3) is 0 Å². The molecule has 5 heteroatoms. The molecule has 0 bridgehead atoms. The van der Waals surface area contributed by atoms with Gasteiger partial charge in [-0.2, -0.15) is 0 Å². The molecule has 0 aliphatic rings. The molecule has 39 heavy (non-hydrogen) atoms. The molecule has 2 aromatic rings. The summed E-state index contributed by atoms with van der Waals surface area (Å²) in [6.07, 6.45) is 21.2. The molecule has 0 aliphatic carbocycles. The molecule has 0 aromatic heterocycles. The Morgan fingerprint density at radius 1 is 0.590 bits per heavy atom. The van der Waals surface area contributed by atoms with E-state index in [-0.39, 0.29) is 0 Å². The molecule has 0 spiro atoms. The average molecular weight is 555 g/mol. The Hall–Kier alpha value is -2.53. The second-order valence-corrected chi connectivity index (χ2v) is 12.2.